The Bertz CT molecular complexity index is 1110. The first-order chi connectivity index (χ1) is 17.4. The molecule has 0 bridgehead atoms. The number of carbonyl (C=O) groups is 2. The molecule has 8 nitrogen and oxygen atoms in total. The molecule has 2 aromatic carbocycles. The van der Waals surface area contributed by atoms with Crippen LogP contribution in [0.4, 0.5) is 4.39 Å². The van der Waals surface area contributed by atoms with Crippen LogP contribution in [0.1, 0.15) is 43.4 Å². The third-order valence-electron chi connectivity index (χ3n) is 6.71. The molecule has 1 atom stereocenters. The summed E-state index contributed by atoms with van der Waals surface area (Å²) in [6, 6.07) is 11.3. The van der Waals surface area contributed by atoms with Crippen LogP contribution in [-0.4, -0.2) is 68.0 Å². The van der Waals surface area contributed by atoms with E-state index in [4.69, 9.17) is 19.3 Å². The number of ether oxygens (including phenoxy) is 3. The van der Waals surface area contributed by atoms with Crippen LogP contribution < -0.4 is 9.47 Å². The molecular weight excluding hydrogens is 465 g/mol. The van der Waals surface area contributed by atoms with Crippen molar-refractivity contribution in [1.29, 1.82) is 0 Å². The fourth-order valence-electron chi connectivity index (χ4n) is 4.74. The van der Waals surface area contributed by atoms with Gasteiger partial charge in [0.1, 0.15) is 17.3 Å². The third kappa shape index (κ3) is 5.67. The number of benzene rings is 2. The van der Waals surface area contributed by atoms with Gasteiger partial charge in [0.25, 0.3) is 5.91 Å². The van der Waals surface area contributed by atoms with Crippen LogP contribution in [0.25, 0.3) is 0 Å². The molecule has 0 radical (unpaired) electrons. The lowest BCUT2D eigenvalue weighted by molar-refractivity contribution is -0.149. The van der Waals surface area contributed by atoms with Crippen molar-refractivity contribution in [3.8, 4) is 11.5 Å². The first-order valence-electron chi connectivity index (χ1n) is 12.2. The Morgan fingerprint density at radius 2 is 1.78 bits per heavy atom. The number of nitrogens with zero attached hydrogens (tertiary/aromatic N) is 3. The lowest BCUT2D eigenvalue weighted by Crippen LogP contribution is -2.43. The number of halogens is 1. The van der Waals surface area contributed by atoms with Gasteiger partial charge in [0.15, 0.2) is 0 Å². The van der Waals surface area contributed by atoms with Crippen molar-refractivity contribution in [3.63, 3.8) is 0 Å². The van der Waals surface area contributed by atoms with Crippen molar-refractivity contribution < 1.29 is 28.2 Å². The first kappa shape index (κ1) is 25.6. The minimum atomic E-state index is -0.364. The van der Waals surface area contributed by atoms with Crippen LogP contribution in [0, 0.1) is 11.7 Å². The highest BCUT2D eigenvalue weighted by molar-refractivity contribution is 6.05. The fraction of sp³-hybridized carbons (Fsp3) is 0.444. The molecule has 9 heteroatoms. The molecule has 2 aliphatic heterocycles. The molecule has 0 N–H and O–H groups in total. The molecule has 1 fully saturated rings. The van der Waals surface area contributed by atoms with Gasteiger partial charge in [-0.1, -0.05) is 12.1 Å². The number of rotatable bonds is 8. The number of hydrogen-bond acceptors (Lipinski definition) is 7. The van der Waals surface area contributed by atoms with E-state index >= 15 is 0 Å². The highest BCUT2D eigenvalue weighted by Crippen LogP contribution is 2.36. The van der Waals surface area contributed by atoms with Gasteiger partial charge in [-0.25, -0.2) is 9.40 Å². The van der Waals surface area contributed by atoms with Gasteiger partial charge < -0.3 is 14.2 Å². The van der Waals surface area contributed by atoms with Crippen molar-refractivity contribution in [2.45, 2.75) is 32.2 Å². The largest absolute Gasteiger partial charge is 0.497 e. The standard InChI is InChI=1S/C27H32FN3O5/c1-4-36-27(33)19-11-13-30(14-12-19)17-26(32)31-24(18-5-7-20(28)8-6-18)16-23(29-31)22-10-9-21(34-2)15-25(22)35-3/h5-10,15,19,24H,4,11-14,16-17H2,1-3H3/t24-/m1/s1. The average Bonchev–Trinajstić information content (AvgIpc) is 3.34. The van der Waals surface area contributed by atoms with Crippen molar-refractivity contribution in [3.05, 3.63) is 59.4 Å². The number of piperidine rings is 1. The number of hydrogen-bond donors (Lipinski definition) is 0. The number of carbonyl (C=O) groups excluding carboxylic acids is 2. The molecule has 0 spiro atoms. The van der Waals surface area contributed by atoms with E-state index in [2.05, 4.69) is 0 Å². The van der Waals surface area contributed by atoms with E-state index in [-0.39, 0.29) is 36.2 Å². The van der Waals surface area contributed by atoms with Gasteiger partial charge >= 0.3 is 5.97 Å². The predicted molar refractivity (Wildman–Crippen MR) is 132 cm³/mol. The predicted octanol–water partition coefficient (Wildman–Crippen LogP) is 3.80. The molecule has 4 rings (SSSR count). The number of likely N-dealkylation sites (tertiary alicyclic amines) is 1. The molecule has 0 aliphatic carbocycles. The zero-order valence-corrected chi connectivity index (χ0v) is 20.9. The number of amides is 1. The van der Waals surface area contributed by atoms with Crippen LogP contribution >= 0.6 is 0 Å². The van der Waals surface area contributed by atoms with E-state index in [0.717, 1.165) is 11.1 Å². The zero-order chi connectivity index (χ0) is 25.7. The summed E-state index contributed by atoms with van der Waals surface area (Å²) in [5.41, 5.74) is 2.28. The Balaban J connectivity index is 1.54. The molecule has 0 aromatic heterocycles. The van der Waals surface area contributed by atoms with Crippen LogP contribution in [0.15, 0.2) is 47.6 Å². The van der Waals surface area contributed by atoms with Crippen molar-refractivity contribution >= 4 is 17.6 Å². The molecule has 192 valence electrons. The minimum Gasteiger partial charge on any atom is -0.497 e. The molecule has 1 amide bonds. The molecule has 0 saturated carbocycles. The van der Waals surface area contributed by atoms with E-state index in [0.29, 0.717) is 56.2 Å². The summed E-state index contributed by atoms with van der Waals surface area (Å²) in [4.78, 5) is 27.6. The van der Waals surface area contributed by atoms with E-state index in [9.17, 15) is 14.0 Å². The number of hydrazone groups is 1. The van der Waals surface area contributed by atoms with Crippen molar-refractivity contribution in [2.24, 2.45) is 11.0 Å². The monoisotopic (exact) mass is 497 g/mol. The van der Waals surface area contributed by atoms with Crippen LogP contribution in [0.2, 0.25) is 0 Å². The minimum absolute atomic E-state index is 0.123. The zero-order valence-electron chi connectivity index (χ0n) is 20.9. The van der Waals surface area contributed by atoms with Gasteiger partial charge in [0, 0.05) is 18.1 Å². The summed E-state index contributed by atoms with van der Waals surface area (Å²) in [6.07, 6.45) is 1.78. The first-order valence-corrected chi connectivity index (χ1v) is 12.2. The summed E-state index contributed by atoms with van der Waals surface area (Å²) in [7, 11) is 3.16. The van der Waals surface area contributed by atoms with Crippen molar-refractivity contribution in [1.82, 2.24) is 9.91 Å². The van der Waals surface area contributed by atoms with Crippen LogP contribution in [-0.2, 0) is 14.3 Å². The Morgan fingerprint density at radius 1 is 1.06 bits per heavy atom. The van der Waals surface area contributed by atoms with Gasteiger partial charge in [-0.3, -0.25) is 14.5 Å². The average molecular weight is 498 g/mol. The highest BCUT2D eigenvalue weighted by Gasteiger charge is 2.35. The Labute approximate surface area is 210 Å². The summed E-state index contributed by atoms with van der Waals surface area (Å²) in [5, 5.41) is 6.22. The maximum atomic E-state index is 13.6. The molecule has 2 aromatic rings. The van der Waals surface area contributed by atoms with E-state index in [1.165, 1.54) is 17.1 Å². The second kappa shape index (κ2) is 11.5. The summed E-state index contributed by atoms with van der Waals surface area (Å²) < 4.78 is 29.6. The maximum absolute atomic E-state index is 13.6. The second-order valence-corrected chi connectivity index (χ2v) is 8.93. The topological polar surface area (TPSA) is 80.7 Å². The molecule has 1 saturated heterocycles. The third-order valence-corrected chi connectivity index (χ3v) is 6.71. The van der Waals surface area contributed by atoms with E-state index < -0.39 is 0 Å². The summed E-state index contributed by atoms with van der Waals surface area (Å²) >= 11 is 0. The van der Waals surface area contributed by atoms with Gasteiger partial charge in [0.2, 0.25) is 0 Å². The lowest BCUT2D eigenvalue weighted by atomic mass is 9.96. The maximum Gasteiger partial charge on any atom is 0.309 e. The summed E-state index contributed by atoms with van der Waals surface area (Å²) in [6.45, 7) is 3.62. The van der Waals surface area contributed by atoms with Gasteiger partial charge in [-0.05, 0) is 62.7 Å². The van der Waals surface area contributed by atoms with Crippen molar-refractivity contribution in [2.75, 3.05) is 40.5 Å². The quantitative estimate of drug-likeness (QED) is 0.516. The molecular formula is C27H32FN3O5. The normalized spacial score (nSPS) is 18.6. The molecule has 0 unspecified atom stereocenters. The Hall–Kier alpha value is -3.46. The molecule has 36 heavy (non-hydrogen) atoms. The van der Waals surface area contributed by atoms with E-state index in [1.54, 1.807) is 39.3 Å². The van der Waals surface area contributed by atoms with Gasteiger partial charge in [-0.2, -0.15) is 5.10 Å². The Kier molecular flexibility index (Phi) is 8.20. The Morgan fingerprint density at radius 3 is 2.42 bits per heavy atom. The lowest BCUT2D eigenvalue weighted by Gasteiger charge is -2.31. The number of methoxy groups -OCH3 is 2. The summed E-state index contributed by atoms with van der Waals surface area (Å²) in [5.74, 6) is 0.479. The second-order valence-electron chi connectivity index (χ2n) is 8.93. The smallest absolute Gasteiger partial charge is 0.309 e. The van der Waals surface area contributed by atoms with Gasteiger partial charge in [0.05, 0.1) is 45.0 Å². The fourth-order valence-corrected chi connectivity index (χ4v) is 4.74. The van der Waals surface area contributed by atoms with E-state index in [1.807, 2.05) is 17.0 Å². The SMILES string of the molecule is CCOC(=O)C1CCN(CC(=O)N2N=C(c3ccc(OC)cc3OC)C[C@@H]2c2ccc(F)cc2)CC1. The van der Waals surface area contributed by atoms with Crippen LogP contribution in [0.3, 0.4) is 0 Å². The van der Waals surface area contributed by atoms with Gasteiger partial charge in [-0.15, -0.1) is 0 Å². The number of esters is 1. The van der Waals surface area contributed by atoms with Crippen LogP contribution in [0.5, 0.6) is 11.5 Å². The molecule has 2 aliphatic rings. The highest BCUT2D eigenvalue weighted by atomic mass is 19.1. The molecule has 2 heterocycles.